The third kappa shape index (κ3) is 2.59. The van der Waals surface area contributed by atoms with E-state index in [0.29, 0.717) is 5.82 Å². The standard InChI is InChI=1S/C7H8N2OS/c10-7(5-11)9-6-3-1-2-4-8-6/h1-4,11H,5H2,(H,8,9,10). The molecule has 0 aliphatic heterocycles. The van der Waals surface area contributed by atoms with Crippen LogP contribution in [0, 0.1) is 0 Å². The minimum Gasteiger partial charge on any atom is -0.310 e. The highest BCUT2D eigenvalue weighted by Gasteiger charge is 1.97. The normalized spacial score (nSPS) is 9.18. The lowest BCUT2D eigenvalue weighted by Crippen LogP contribution is -2.13. The summed E-state index contributed by atoms with van der Waals surface area (Å²) in [4.78, 5) is 14.7. The Morgan fingerprint density at radius 3 is 3.00 bits per heavy atom. The average Bonchev–Trinajstić information content (AvgIpc) is 2.06. The molecule has 0 atom stereocenters. The highest BCUT2D eigenvalue weighted by molar-refractivity contribution is 7.81. The molecule has 0 unspecified atom stereocenters. The van der Waals surface area contributed by atoms with Crippen molar-refractivity contribution < 1.29 is 4.79 Å². The highest BCUT2D eigenvalue weighted by atomic mass is 32.1. The molecular weight excluding hydrogens is 160 g/mol. The first-order valence-corrected chi connectivity index (χ1v) is 3.78. The molecule has 0 saturated heterocycles. The zero-order valence-electron chi connectivity index (χ0n) is 5.82. The number of nitrogens with one attached hydrogen (secondary N) is 1. The van der Waals surface area contributed by atoms with Crippen LogP contribution in [0.4, 0.5) is 5.82 Å². The van der Waals surface area contributed by atoms with Crippen LogP contribution in [0.3, 0.4) is 0 Å². The lowest BCUT2D eigenvalue weighted by molar-refractivity contribution is -0.113. The van der Waals surface area contributed by atoms with Gasteiger partial charge in [-0.1, -0.05) is 6.07 Å². The van der Waals surface area contributed by atoms with Gasteiger partial charge in [0.05, 0.1) is 5.75 Å². The Morgan fingerprint density at radius 1 is 1.64 bits per heavy atom. The van der Waals surface area contributed by atoms with Crippen LogP contribution < -0.4 is 5.32 Å². The van der Waals surface area contributed by atoms with Gasteiger partial charge >= 0.3 is 0 Å². The van der Waals surface area contributed by atoms with E-state index in [1.54, 1.807) is 24.4 Å². The lowest BCUT2D eigenvalue weighted by Gasteiger charge is -1.99. The Bertz CT molecular complexity index is 237. The molecule has 3 nitrogen and oxygen atoms in total. The van der Waals surface area contributed by atoms with Crippen molar-refractivity contribution in [3.05, 3.63) is 24.4 Å². The summed E-state index contributed by atoms with van der Waals surface area (Å²) in [6, 6.07) is 5.32. The number of pyridine rings is 1. The number of amides is 1. The van der Waals surface area contributed by atoms with Crippen LogP contribution in [0.1, 0.15) is 0 Å². The van der Waals surface area contributed by atoms with Crippen LogP contribution in [0.5, 0.6) is 0 Å². The predicted octanol–water partition coefficient (Wildman–Crippen LogP) is 0.950. The molecule has 1 rings (SSSR count). The Morgan fingerprint density at radius 2 is 2.45 bits per heavy atom. The third-order valence-corrected chi connectivity index (χ3v) is 1.36. The molecule has 0 fully saturated rings. The molecule has 0 aliphatic carbocycles. The smallest absolute Gasteiger partial charge is 0.235 e. The van der Waals surface area contributed by atoms with Crippen LogP contribution in [-0.2, 0) is 4.79 Å². The van der Waals surface area contributed by atoms with Crippen molar-refractivity contribution in [2.75, 3.05) is 11.1 Å². The Kier molecular flexibility index (Phi) is 2.92. The van der Waals surface area contributed by atoms with Gasteiger partial charge < -0.3 is 5.32 Å². The molecule has 0 aromatic carbocycles. The number of rotatable bonds is 2. The predicted molar refractivity (Wildman–Crippen MR) is 46.7 cm³/mol. The maximum Gasteiger partial charge on any atom is 0.235 e. The fourth-order valence-corrected chi connectivity index (χ4v) is 0.698. The molecule has 4 heteroatoms. The van der Waals surface area contributed by atoms with Crippen LogP contribution in [0.25, 0.3) is 0 Å². The van der Waals surface area contributed by atoms with Crippen molar-refractivity contribution in [1.29, 1.82) is 0 Å². The maximum atomic E-state index is 10.8. The summed E-state index contributed by atoms with van der Waals surface area (Å²) in [5.41, 5.74) is 0. The van der Waals surface area contributed by atoms with Crippen LogP contribution >= 0.6 is 12.6 Å². The lowest BCUT2D eigenvalue weighted by atomic mass is 10.4. The first kappa shape index (κ1) is 8.07. The second kappa shape index (κ2) is 3.98. The third-order valence-electron chi connectivity index (χ3n) is 1.08. The number of hydrogen-bond donors (Lipinski definition) is 2. The second-order valence-corrected chi connectivity index (χ2v) is 2.24. The fraction of sp³-hybridized carbons (Fsp3) is 0.143. The van der Waals surface area contributed by atoms with E-state index in [9.17, 15) is 4.79 Å². The fourth-order valence-electron chi connectivity index (χ4n) is 0.619. The number of hydrogen-bond acceptors (Lipinski definition) is 3. The van der Waals surface area contributed by atoms with E-state index in [1.165, 1.54) is 0 Å². The molecule has 1 N–H and O–H groups in total. The molecule has 1 aromatic heterocycles. The zero-order chi connectivity index (χ0) is 8.10. The van der Waals surface area contributed by atoms with Crippen molar-refractivity contribution in [1.82, 2.24) is 4.98 Å². The molecule has 0 spiro atoms. The van der Waals surface area contributed by atoms with Crippen molar-refractivity contribution in [3.8, 4) is 0 Å². The topological polar surface area (TPSA) is 42.0 Å². The summed E-state index contributed by atoms with van der Waals surface area (Å²) in [5, 5.41) is 2.57. The van der Waals surface area contributed by atoms with E-state index in [0.717, 1.165) is 0 Å². The van der Waals surface area contributed by atoms with E-state index in [1.807, 2.05) is 0 Å². The molecule has 0 saturated carbocycles. The van der Waals surface area contributed by atoms with Gasteiger partial charge in [-0.15, -0.1) is 0 Å². The van der Waals surface area contributed by atoms with Crippen molar-refractivity contribution in [2.24, 2.45) is 0 Å². The Hall–Kier alpha value is -1.03. The summed E-state index contributed by atoms with van der Waals surface area (Å²) in [5.74, 6) is 0.593. The van der Waals surface area contributed by atoms with Crippen LogP contribution in [0.15, 0.2) is 24.4 Å². The van der Waals surface area contributed by atoms with Gasteiger partial charge in [-0.3, -0.25) is 4.79 Å². The SMILES string of the molecule is O=C(CS)Nc1ccccn1. The molecule has 58 valence electrons. The van der Waals surface area contributed by atoms with Gasteiger partial charge in [0.1, 0.15) is 5.82 Å². The summed E-state index contributed by atoms with van der Waals surface area (Å²) in [6.07, 6.45) is 1.62. The van der Waals surface area contributed by atoms with Crippen LogP contribution in [-0.4, -0.2) is 16.6 Å². The largest absolute Gasteiger partial charge is 0.310 e. The minimum absolute atomic E-state index is 0.146. The number of thiol groups is 1. The van der Waals surface area contributed by atoms with E-state index in [2.05, 4.69) is 22.9 Å². The highest BCUT2D eigenvalue weighted by Crippen LogP contribution is 1.98. The number of carbonyl (C=O) groups excluding carboxylic acids is 1. The molecule has 0 aliphatic rings. The number of nitrogens with zero attached hydrogens (tertiary/aromatic N) is 1. The van der Waals surface area contributed by atoms with Gasteiger partial charge in [-0.25, -0.2) is 4.98 Å². The number of aromatic nitrogens is 1. The number of carbonyl (C=O) groups is 1. The monoisotopic (exact) mass is 168 g/mol. The first-order valence-electron chi connectivity index (χ1n) is 3.14. The van der Waals surface area contributed by atoms with Gasteiger partial charge in [0.25, 0.3) is 0 Å². The van der Waals surface area contributed by atoms with E-state index >= 15 is 0 Å². The van der Waals surface area contributed by atoms with E-state index in [-0.39, 0.29) is 11.7 Å². The van der Waals surface area contributed by atoms with Crippen LogP contribution in [0.2, 0.25) is 0 Å². The Labute approximate surface area is 70.2 Å². The number of anilines is 1. The maximum absolute atomic E-state index is 10.8. The second-order valence-electron chi connectivity index (χ2n) is 1.92. The molecule has 1 amide bonds. The minimum atomic E-state index is -0.146. The van der Waals surface area contributed by atoms with E-state index < -0.39 is 0 Å². The van der Waals surface area contributed by atoms with Gasteiger partial charge in [0.15, 0.2) is 0 Å². The van der Waals surface area contributed by atoms with Crippen molar-refractivity contribution in [2.45, 2.75) is 0 Å². The summed E-state index contributed by atoms with van der Waals surface area (Å²) in [7, 11) is 0. The molecule has 0 bridgehead atoms. The summed E-state index contributed by atoms with van der Waals surface area (Å²) >= 11 is 3.81. The summed E-state index contributed by atoms with van der Waals surface area (Å²) in [6.45, 7) is 0. The Balaban J connectivity index is 2.58. The van der Waals surface area contributed by atoms with Crippen molar-refractivity contribution in [3.63, 3.8) is 0 Å². The average molecular weight is 168 g/mol. The first-order chi connectivity index (χ1) is 5.33. The quantitative estimate of drug-likeness (QED) is 0.645. The van der Waals surface area contributed by atoms with Gasteiger partial charge in [0.2, 0.25) is 5.91 Å². The molecule has 1 aromatic rings. The zero-order valence-corrected chi connectivity index (χ0v) is 6.71. The summed E-state index contributed by atoms with van der Waals surface area (Å²) < 4.78 is 0. The molecule has 11 heavy (non-hydrogen) atoms. The molecule has 0 radical (unpaired) electrons. The van der Waals surface area contributed by atoms with Gasteiger partial charge in [-0.2, -0.15) is 12.6 Å². The van der Waals surface area contributed by atoms with Crippen molar-refractivity contribution >= 4 is 24.4 Å². The van der Waals surface area contributed by atoms with Gasteiger partial charge in [0, 0.05) is 6.20 Å². The molecular formula is C7H8N2OS. The van der Waals surface area contributed by atoms with E-state index in [4.69, 9.17) is 0 Å². The molecule has 1 heterocycles. The van der Waals surface area contributed by atoms with Gasteiger partial charge in [-0.05, 0) is 12.1 Å².